The summed E-state index contributed by atoms with van der Waals surface area (Å²) in [6.07, 6.45) is 6.60. The fourth-order valence-corrected chi connectivity index (χ4v) is 4.64. The van der Waals surface area contributed by atoms with Crippen molar-refractivity contribution in [1.82, 2.24) is 0 Å². The second-order valence-electron chi connectivity index (χ2n) is 4.52. The summed E-state index contributed by atoms with van der Waals surface area (Å²) in [6.45, 7) is 2.13. The average molecular weight is 218 g/mol. The highest BCUT2D eigenvalue weighted by Gasteiger charge is 2.53. The molecule has 0 bridgehead atoms. The minimum absolute atomic E-state index is 0.151. The van der Waals surface area contributed by atoms with Crippen LogP contribution < -0.4 is 0 Å². The largest absolute Gasteiger partial charge is 0.611 e. The predicted octanol–water partition coefficient (Wildman–Crippen LogP) is 3.00. The van der Waals surface area contributed by atoms with Crippen LogP contribution >= 0.6 is 0 Å². The van der Waals surface area contributed by atoms with Crippen molar-refractivity contribution in [2.24, 2.45) is 0 Å². The van der Waals surface area contributed by atoms with E-state index in [1.54, 1.807) is 0 Å². The first-order valence-electron chi connectivity index (χ1n) is 5.42. The SMILES string of the molecule is CC12C=CCCC1c1ccccc1[S+]2[O-]. The third-order valence-corrected chi connectivity index (χ3v) is 5.65. The molecule has 1 aliphatic carbocycles. The van der Waals surface area contributed by atoms with Crippen LogP contribution in [0.15, 0.2) is 41.3 Å². The quantitative estimate of drug-likeness (QED) is 0.485. The van der Waals surface area contributed by atoms with Crippen molar-refractivity contribution in [3.63, 3.8) is 0 Å². The van der Waals surface area contributed by atoms with Crippen molar-refractivity contribution in [2.45, 2.75) is 35.3 Å². The number of rotatable bonds is 0. The first-order chi connectivity index (χ1) is 7.23. The van der Waals surface area contributed by atoms with Gasteiger partial charge in [0.05, 0.1) is 0 Å². The van der Waals surface area contributed by atoms with Gasteiger partial charge in [-0.1, -0.05) is 24.3 Å². The summed E-state index contributed by atoms with van der Waals surface area (Å²) >= 11 is -0.867. The van der Waals surface area contributed by atoms with Gasteiger partial charge in [0.1, 0.15) is 0 Å². The van der Waals surface area contributed by atoms with E-state index in [0.29, 0.717) is 5.92 Å². The van der Waals surface area contributed by atoms with Crippen LogP contribution in [0.1, 0.15) is 31.2 Å². The molecule has 1 aliphatic heterocycles. The number of hydrogen-bond acceptors (Lipinski definition) is 1. The normalized spacial score (nSPS) is 37.5. The molecule has 0 amide bonds. The second kappa shape index (κ2) is 3.13. The van der Waals surface area contributed by atoms with Crippen LogP contribution in [-0.2, 0) is 11.2 Å². The summed E-state index contributed by atoms with van der Waals surface area (Å²) in [5, 5.41) is 0. The van der Waals surface area contributed by atoms with Crippen LogP contribution in [-0.4, -0.2) is 9.30 Å². The zero-order valence-corrected chi connectivity index (χ0v) is 9.59. The molecule has 0 spiro atoms. The maximum atomic E-state index is 12.4. The van der Waals surface area contributed by atoms with Gasteiger partial charge in [0.15, 0.2) is 9.64 Å². The first kappa shape index (κ1) is 9.49. The highest BCUT2D eigenvalue weighted by Crippen LogP contribution is 2.52. The van der Waals surface area contributed by atoms with Crippen molar-refractivity contribution < 1.29 is 4.55 Å². The summed E-state index contributed by atoms with van der Waals surface area (Å²) in [7, 11) is 0. The highest BCUT2D eigenvalue weighted by molar-refractivity contribution is 7.93. The Labute approximate surface area is 93.4 Å². The zero-order chi connectivity index (χ0) is 10.5. The van der Waals surface area contributed by atoms with Crippen LogP contribution in [0.2, 0.25) is 0 Å². The van der Waals surface area contributed by atoms with E-state index in [0.717, 1.165) is 17.7 Å². The maximum absolute atomic E-state index is 12.4. The predicted molar refractivity (Wildman–Crippen MR) is 62.4 cm³/mol. The molecule has 2 heteroatoms. The smallest absolute Gasteiger partial charge is 0.157 e. The Morgan fingerprint density at radius 1 is 1.40 bits per heavy atom. The Balaban J connectivity index is 2.20. The lowest BCUT2D eigenvalue weighted by molar-refractivity contribution is 0.501. The summed E-state index contributed by atoms with van der Waals surface area (Å²) < 4.78 is 12.3. The zero-order valence-electron chi connectivity index (χ0n) is 8.77. The van der Waals surface area contributed by atoms with E-state index in [-0.39, 0.29) is 4.75 Å². The van der Waals surface area contributed by atoms with E-state index in [2.05, 4.69) is 31.2 Å². The van der Waals surface area contributed by atoms with Gasteiger partial charge < -0.3 is 4.55 Å². The van der Waals surface area contributed by atoms with Crippen LogP contribution in [0.3, 0.4) is 0 Å². The molecule has 3 unspecified atom stereocenters. The van der Waals surface area contributed by atoms with Crippen LogP contribution in [0.5, 0.6) is 0 Å². The average Bonchev–Trinajstić information content (AvgIpc) is 2.50. The lowest BCUT2D eigenvalue weighted by Gasteiger charge is -2.30. The molecular formula is C13H14OS. The summed E-state index contributed by atoms with van der Waals surface area (Å²) in [5.41, 5.74) is 1.31. The Kier molecular flexibility index (Phi) is 1.98. The number of allylic oxidation sites excluding steroid dienone is 1. The van der Waals surface area contributed by atoms with E-state index < -0.39 is 11.2 Å². The first-order valence-corrected chi connectivity index (χ1v) is 6.57. The molecule has 0 aromatic heterocycles. The van der Waals surface area contributed by atoms with Gasteiger partial charge in [-0.25, -0.2) is 0 Å². The molecule has 1 nitrogen and oxygen atoms in total. The molecule has 0 N–H and O–H groups in total. The molecule has 78 valence electrons. The molecule has 3 rings (SSSR count). The maximum Gasteiger partial charge on any atom is 0.157 e. The standard InChI is InChI=1S/C13H14OS/c1-13-9-5-4-7-11(13)10-6-2-3-8-12(10)15(13)14/h2-3,5-6,8-9,11H,4,7H2,1H3. The Morgan fingerprint density at radius 3 is 3.07 bits per heavy atom. The van der Waals surface area contributed by atoms with Gasteiger partial charge in [-0.05, 0) is 43.1 Å². The van der Waals surface area contributed by atoms with Crippen molar-refractivity contribution >= 4 is 11.2 Å². The minimum Gasteiger partial charge on any atom is -0.611 e. The number of benzene rings is 1. The topological polar surface area (TPSA) is 23.1 Å². The molecule has 2 aliphatic rings. The van der Waals surface area contributed by atoms with E-state index in [4.69, 9.17) is 0 Å². The minimum atomic E-state index is -0.867. The molecule has 1 aromatic carbocycles. The summed E-state index contributed by atoms with van der Waals surface area (Å²) in [5.74, 6) is 0.458. The van der Waals surface area contributed by atoms with Crippen molar-refractivity contribution in [3.05, 3.63) is 42.0 Å². The lowest BCUT2D eigenvalue weighted by atomic mass is 9.80. The van der Waals surface area contributed by atoms with E-state index in [1.807, 2.05) is 12.1 Å². The molecule has 1 heterocycles. The lowest BCUT2D eigenvalue weighted by Crippen LogP contribution is -2.35. The van der Waals surface area contributed by atoms with E-state index in [1.165, 1.54) is 5.56 Å². The van der Waals surface area contributed by atoms with Gasteiger partial charge in [0.25, 0.3) is 0 Å². The second-order valence-corrected chi connectivity index (χ2v) is 6.38. The third kappa shape index (κ3) is 1.15. The monoisotopic (exact) mass is 218 g/mol. The molecule has 0 radical (unpaired) electrons. The van der Waals surface area contributed by atoms with Crippen LogP contribution in [0.25, 0.3) is 0 Å². The Morgan fingerprint density at radius 2 is 2.20 bits per heavy atom. The number of fused-ring (bicyclic) bond motifs is 3. The van der Waals surface area contributed by atoms with Crippen molar-refractivity contribution in [2.75, 3.05) is 0 Å². The molecule has 0 saturated heterocycles. The van der Waals surface area contributed by atoms with E-state index in [9.17, 15) is 4.55 Å². The molecule has 0 saturated carbocycles. The summed E-state index contributed by atoms with van der Waals surface area (Å²) in [6, 6.07) is 8.20. The van der Waals surface area contributed by atoms with Gasteiger partial charge in [-0.15, -0.1) is 0 Å². The molecular weight excluding hydrogens is 204 g/mol. The molecule has 3 atom stereocenters. The van der Waals surface area contributed by atoms with Crippen LogP contribution in [0, 0.1) is 0 Å². The molecule has 15 heavy (non-hydrogen) atoms. The van der Waals surface area contributed by atoms with Gasteiger partial charge >= 0.3 is 0 Å². The van der Waals surface area contributed by atoms with Gasteiger partial charge in [-0.3, -0.25) is 0 Å². The molecule has 0 fully saturated rings. The van der Waals surface area contributed by atoms with E-state index >= 15 is 0 Å². The van der Waals surface area contributed by atoms with Gasteiger partial charge in [0, 0.05) is 11.5 Å². The fourth-order valence-electron chi connectivity index (χ4n) is 2.81. The van der Waals surface area contributed by atoms with Gasteiger partial charge in [-0.2, -0.15) is 0 Å². The summed E-state index contributed by atoms with van der Waals surface area (Å²) in [4.78, 5) is 1.05. The third-order valence-electron chi connectivity index (χ3n) is 3.66. The fraction of sp³-hybridized carbons (Fsp3) is 0.385. The number of hydrogen-bond donors (Lipinski definition) is 0. The molecule has 1 aromatic rings. The van der Waals surface area contributed by atoms with Crippen molar-refractivity contribution in [1.29, 1.82) is 0 Å². The highest BCUT2D eigenvalue weighted by atomic mass is 32.2. The van der Waals surface area contributed by atoms with Crippen molar-refractivity contribution in [3.8, 4) is 0 Å². The Hall–Kier alpha value is -0.730. The van der Waals surface area contributed by atoms with Crippen LogP contribution in [0.4, 0.5) is 0 Å². The van der Waals surface area contributed by atoms with Gasteiger partial charge in [0.2, 0.25) is 0 Å². The Bertz CT molecular complexity index is 426.